The monoisotopic (exact) mass is 761 g/mol. The molecule has 0 radical (unpaired) electrons. The van der Waals surface area contributed by atoms with Gasteiger partial charge in [-0.3, -0.25) is 4.79 Å². The smallest absolute Gasteiger partial charge is 0.306 e. The first kappa shape index (κ1) is 52.9. The molecular formula is C50H96O4. The molecule has 0 bridgehead atoms. The molecule has 0 aliphatic rings. The maximum atomic E-state index is 12.2. The summed E-state index contributed by atoms with van der Waals surface area (Å²) < 4.78 is 11.2. The molecule has 4 nitrogen and oxygen atoms in total. The van der Waals surface area contributed by atoms with E-state index in [0.29, 0.717) is 19.6 Å². The molecule has 0 spiro atoms. The van der Waals surface area contributed by atoms with Crippen molar-refractivity contribution in [3.8, 4) is 0 Å². The van der Waals surface area contributed by atoms with Crippen LogP contribution in [0.4, 0.5) is 0 Å². The third-order valence-electron chi connectivity index (χ3n) is 11.0. The summed E-state index contributed by atoms with van der Waals surface area (Å²) in [4.78, 5) is 12.2. The van der Waals surface area contributed by atoms with Crippen molar-refractivity contribution in [1.29, 1.82) is 0 Å². The van der Waals surface area contributed by atoms with Crippen LogP contribution in [0.25, 0.3) is 0 Å². The Hall–Kier alpha value is -1.13. The molecule has 1 N–H and O–H groups in total. The van der Waals surface area contributed by atoms with E-state index in [4.69, 9.17) is 9.47 Å². The molecule has 0 amide bonds. The number of allylic oxidation sites excluding steroid dienone is 4. The lowest BCUT2D eigenvalue weighted by Crippen LogP contribution is -2.27. The van der Waals surface area contributed by atoms with Crippen molar-refractivity contribution in [2.75, 3.05) is 19.8 Å². The summed E-state index contributed by atoms with van der Waals surface area (Å²) in [6, 6.07) is 0. The van der Waals surface area contributed by atoms with Gasteiger partial charge in [0.05, 0.1) is 13.2 Å². The minimum atomic E-state index is -0.533. The fourth-order valence-corrected chi connectivity index (χ4v) is 7.36. The molecule has 320 valence electrons. The Morgan fingerprint density at radius 3 is 1.19 bits per heavy atom. The Labute approximate surface area is 338 Å². The number of ether oxygens (including phenoxy) is 2. The predicted octanol–water partition coefficient (Wildman–Crippen LogP) is 16.3. The van der Waals surface area contributed by atoms with E-state index in [-0.39, 0.29) is 12.6 Å². The lowest BCUT2D eigenvalue weighted by Gasteiger charge is -2.16. The van der Waals surface area contributed by atoms with Crippen LogP contribution < -0.4 is 0 Å². The van der Waals surface area contributed by atoms with Gasteiger partial charge in [0.2, 0.25) is 0 Å². The molecule has 0 aromatic rings. The van der Waals surface area contributed by atoms with Crippen LogP contribution in [0.1, 0.15) is 264 Å². The quantitative estimate of drug-likeness (QED) is 0.0381. The van der Waals surface area contributed by atoms with E-state index in [1.807, 2.05) is 0 Å². The number of carbonyl (C=O) groups is 1. The summed E-state index contributed by atoms with van der Waals surface area (Å²) >= 11 is 0. The van der Waals surface area contributed by atoms with Crippen LogP contribution in [-0.2, 0) is 14.3 Å². The highest BCUT2D eigenvalue weighted by atomic mass is 16.6. The molecule has 0 aromatic heterocycles. The number of aliphatic hydroxyl groups is 1. The maximum Gasteiger partial charge on any atom is 0.306 e. The molecule has 0 aliphatic carbocycles. The van der Waals surface area contributed by atoms with Gasteiger partial charge in [-0.2, -0.15) is 0 Å². The third kappa shape index (κ3) is 45.3. The van der Waals surface area contributed by atoms with Crippen LogP contribution in [0.3, 0.4) is 0 Å². The second-order valence-corrected chi connectivity index (χ2v) is 16.5. The average molecular weight is 761 g/mol. The fraction of sp³-hybridized carbons (Fsp3) is 0.900. The van der Waals surface area contributed by atoms with E-state index in [0.717, 1.165) is 25.7 Å². The van der Waals surface area contributed by atoms with Crippen LogP contribution >= 0.6 is 0 Å². The van der Waals surface area contributed by atoms with Crippen molar-refractivity contribution in [2.24, 2.45) is 0 Å². The van der Waals surface area contributed by atoms with Gasteiger partial charge >= 0.3 is 5.97 Å². The van der Waals surface area contributed by atoms with E-state index in [9.17, 15) is 9.90 Å². The normalized spacial score (nSPS) is 12.4. The summed E-state index contributed by atoms with van der Waals surface area (Å²) in [5, 5.41) is 9.63. The zero-order valence-electron chi connectivity index (χ0n) is 36.8. The van der Waals surface area contributed by atoms with Gasteiger partial charge in [0.1, 0.15) is 6.10 Å². The van der Waals surface area contributed by atoms with E-state index in [1.54, 1.807) is 0 Å². The highest BCUT2D eigenvalue weighted by Gasteiger charge is 2.13. The predicted molar refractivity (Wildman–Crippen MR) is 237 cm³/mol. The molecule has 4 heteroatoms. The van der Waals surface area contributed by atoms with Crippen LogP contribution in [0.5, 0.6) is 0 Å². The first-order valence-electron chi connectivity index (χ1n) is 24.4. The Kier molecular flexibility index (Phi) is 47.0. The summed E-state index contributed by atoms with van der Waals surface area (Å²) in [7, 11) is 0. The number of unbranched alkanes of at least 4 members (excludes halogenated alkanes) is 34. The minimum Gasteiger partial charge on any atom is -0.457 e. The lowest BCUT2D eigenvalue weighted by atomic mass is 10.0. The lowest BCUT2D eigenvalue weighted by molar-refractivity contribution is -0.154. The van der Waals surface area contributed by atoms with Gasteiger partial charge in [0.25, 0.3) is 0 Å². The number of hydrogen-bond donors (Lipinski definition) is 1. The largest absolute Gasteiger partial charge is 0.457 e. The van der Waals surface area contributed by atoms with Crippen molar-refractivity contribution in [1.82, 2.24) is 0 Å². The summed E-state index contributed by atoms with van der Waals surface area (Å²) in [6.07, 6.45) is 59.8. The molecule has 0 aliphatic heterocycles. The van der Waals surface area contributed by atoms with Gasteiger partial charge in [-0.15, -0.1) is 0 Å². The van der Waals surface area contributed by atoms with Gasteiger partial charge in [0, 0.05) is 13.0 Å². The Balaban J connectivity index is 3.36. The Morgan fingerprint density at radius 1 is 0.444 bits per heavy atom. The van der Waals surface area contributed by atoms with Crippen LogP contribution in [0.2, 0.25) is 0 Å². The zero-order chi connectivity index (χ0) is 39.1. The summed E-state index contributed by atoms with van der Waals surface area (Å²) in [6.45, 7) is 5.37. The Morgan fingerprint density at radius 2 is 0.778 bits per heavy atom. The first-order chi connectivity index (χ1) is 26.7. The van der Waals surface area contributed by atoms with Crippen molar-refractivity contribution < 1.29 is 19.4 Å². The minimum absolute atomic E-state index is 0.169. The molecule has 1 unspecified atom stereocenters. The molecule has 54 heavy (non-hydrogen) atoms. The molecule has 0 saturated carbocycles. The number of rotatable bonds is 46. The highest BCUT2D eigenvalue weighted by molar-refractivity contribution is 5.69. The molecule has 0 heterocycles. The van der Waals surface area contributed by atoms with Gasteiger partial charge in [-0.05, 0) is 44.9 Å². The molecule has 0 saturated heterocycles. The van der Waals surface area contributed by atoms with E-state index < -0.39 is 6.10 Å². The van der Waals surface area contributed by atoms with Crippen molar-refractivity contribution in [3.05, 3.63) is 24.3 Å². The number of aliphatic hydroxyl groups excluding tert-OH is 1. The van der Waals surface area contributed by atoms with Gasteiger partial charge in [-0.25, -0.2) is 0 Å². The van der Waals surface area contributed by atoms with Gasteiger partial charge in [-0.1, -0.05) is 237 Å². The Bertz CT molecular complexity index is 762. The van der Waals surface area contributed by atoms with Crippen molar-refractivity contribution in [3.63, 3.8) is 0 Å². The number of esters is 1. The topological polar surface area (TPSA) is 55.8 Å². The fourth-order valence-electron chi connectivity index (χ4n) is 7.36. The average Bonchev–Trinajstić information content (AvgIpc) is 3.18. The number of hydrogen-bond acceptors (Lipinski definition) is 4. The van der Waals surface area contributed by atoms with E-state index in [1.165, 1.54) is 218 Å². The van der Waals surface area contributed by atoms with Gasteiger partial charge < -0.3 is 14.6 Å². The van der Waals surface area contributed by atoms with Crippen molar-refractivity contribution >= 4 is 5.97 Å². The second-order valence-electron chi connectivity index (χ2n) is 16.5. The van der Waals surface area contributed by atoms with Crippen LogP contribution in [0, 0.1) is 0 Å². The second kappa shape index (κ2) is 48.0. The van der Waals surface area contributed by atoms with Crippen LogP contribution in [0.15, 0.2) is 24.3 Å². The third-order valence-corrected chi connectivity index (χ3v) is 11.0. The molecule has 0 rings (SSSR count). The van der Waals surface area contributed by atoms with E-state index >= 15 is 0 Å². The van der Waals surface area contributed by atoms with E-state index in [2.05, 4.69) is 38.2 Å². The first-order valence-corrected chi connectivity index (χ1v) is 24.4. The van der Waals surface area contributed by atoms with Crippen molar-refractivity contribution in [2.45, 2.75) is 270 Å². The molecule has 0 aromatic carbocycles. The maximum absolute atomic E-state index is 12.2. The number of carbonyl (C=O) groups excluding carboxylic acids is 1. The highest BCUT2D eigenvalue weighted by Crippen LogP contribution is 2.16. The summed E-state index contributed by atoms with van der Waals surface area (Å²) in [5.74, 6) is -0.200. The standard InChI is InChI=1S/C50H96O4/c1-3-5-7-9-11-13-15-17-19-21-23-24-25-26-28-30-32-34-36-38-40-42-44-46-53-48-49(47-51)54-50(52)45-43-41-39-37-35-33-31-29-27-22-20-18-16-14-12-10-8-6-4-2/h12,14,18,20,49,51H,3-11,13,15-17,19,21-48H2,1-2H3/b14-12-,20-18-. The zero-order valence-corrected chi connectivity index (χ0v) is 36.8. The molecule has 1 atom stereocenters. The van der Waals surface area contributed by atoms with Crippen LogP contribution in [-0.4, -0.2) is 37.0 Å². The molecular weight excluding hydrogens is 665 g/mol. The molecule has 0 fully saturated rings. The van der Waals surface area contributed by atoms with Gasteiger partial charge in [0.15, 0.2) is 0 Å². The SMILES string of the molecule is CCCCC/C=C\C/C=C\CCCCCCCCCCCC(=O)OC(CO)COCCCCCCCCCCCCCCCCCCCCCCCCC. The summed E-state index contributed by atoms with van der Waals surface area (Å²) in [5.41, 5.74) is 0.